The number of aliphatic imine (C=N–C) groups is 1. The summed E-state index contributed by atoms with van der Waals surface area (Å²) in [5, 5.41) is 7.99. The number of rotatable bonds is 20. The molecule has 3 atom stereocenters. The van der Waals surface area contributed by atoms with Crippen molar-refractivity contribution in [3.63, 3.8) is 0 Å². The van der Waals surface area contributed by atoms with Gasteiger partial charge in [0, 0.05) is 6.54 Å². The highest BCUT2D eigenvalue weighted by Gasteiger charge is 2.28. The molecule has 1 aromatic rings. The molecule has 1 aromatic carbocycles. The van der Waals surface area contributed by atoms with Crippen molar-refractivity contribution in [3.05, 3.63) is 35.9 Å². The van der Waals surface area contributed by atoms with Crippen LogP contribution in [-0.2, 0) is 25.7 Å². The van der Waals surface area contributed by atoms with E-state index in [1.165, 1.54) is 0 Å². The van der Waals surface area contributed by atoms with Gasteiger partial charge in [0.25, 0.3) is 0 Å². The Balaban J connectivity index is 2.83. The molecule has 39 heavy (non-hydrogen) atoms. The van der Waals surface area contributed by atoms with Crippen molar-refractivity contribution in [1.82, 2.24) is 16.0 Å². The molecule has 218 valence electrons. The fourth-order valence-corrected chi connectivity index (χ4v) is 3.68. The van der Waals surface area contributed by atoms with E-state index in [0.717, 1.165) is 5.56 Å². The second-order valence-electron chi connectivity index (χ2n) is 9.09. The summed E-state index contributed by atoms with van der Waals surface area (Å²) in [5.41, 5.74) is 22.6. The molecule has 0 aliphatic rings. The van der Waals surface area contributed by atoms with Gasteiger partial charge in [-0.3, -0.25) is 14.6 Å². The van der Waals surface area contributed by atoms with Crippen molar-refractivity contribution in [2.24, 2.45) is 27.9 Å². The zero-order valence-electron chi connectivity index (χ0n) is 22.5. The molecule has 0 fully saturated rings. The van der Waals surface area contributed by atoms with Gasteiger partial charge >= 0.3 is 6.09 Å². The number of nitrogens with one attached hydrogen (secondary N) is 3. The molecular formula is C26H44N8O5. The number of benzene rings is 1. The van der Waals surface area contributed by atoms with Gasteiger partial charge in [0.15, 0.2) is 5.96 Å². The molecular weight excluding hydrogens is 504 g/mol. The summed E-state index contributed by atoms with van der Waals surface area (Å²) >= 11 is 0. The lowest BCUT2D eigenvalue weighted by Crippen LogP contribution is -2.55. The second-order valence-corrected chi connectivity index (χ2v) is 9.09. The Morgan fingerprint density at radius 3 is 1.97 bits per heavy atom. The predicted octanol–water partition coefficient (Wildman–Crippen LogP) is -0.238. The Morgan fingerprint density at radius 1 is 0.821 bits per heavy atom. The average Bonchev–Trinajstić information content (AvgIpc) is 2.92. The molecule has 13 heteroatoms. The van der Waals surface area contributed by atoms with Gasteiger partial charge in [-0.25, -0.2) is 4.79 Å². The summed E-state index contributed by atoms with van der Waals surface area (Å²) in [7, 11) is 0. The van der Waals surface area contributed by atoms with Crippen molar-refractivity contribution in [1.29, 1.82) is 0 Å². The summed E-state index contributed by atoms with van der Waals surface area (Å²) in [4.78, 5) is 54.1. The van der Waals surface area contributed by atoms with Crippen LogP contribution in [0.3, 0.4) is 0 Å². The van der Waals surface area contributed by atoms with E-state index in [4.69, 9.17) is 27.7 Å². The standard InChI is InChI=1S/C26H44N8O5/c27-14-6-4-12-21(23(36)32-20(17-35)11-8-16-31-25(29)30)33-24(37)22(13-5-7-15-28)34-26(38)39-18-19-9-2-1-3-10-19/h1-3,9-10,17,20-22H,4-8,11-16,18,27-28H2,(H,32,36)(H,33,37)(H,34,38)(H4,29,30,31)/t20-,21-,22-/m0/s1. The number of hydrogen-bond donors (Lipinski definition) is 7. The summed E-state index contributed by atoms with van der Waals surface area (Å²) in [6.07, 6.45) is 3.77. The minimum atomic E-state index is -0.939. The number of carbonyl (C=O) groups excluding carboxylic acids is 4. The molecule has 0 saturated carbocycles. The largest absolute Gasteiger partial charge is 0.445 e. The van der Waals surface area contributed by atoms with Crippen LogP contribution in [0.15, 0.2) is 35.3 Å². The number of ether oxygens (including phenoxy) is 1. The maximum atomic E-state index is 13.2. The molecule has 0 unspecified atom stereocenters. The number of nitrogens with zero attached hydrogens (tertiary/aromatic N) is 1. The molecule has 13 nitrogen and oxygen atoms in total. The van der Waals surface area contributed by atoms with E-state index < -0.39 is 36.0 Å². The summed E-state index contributed by atoms with van der Waals surface area (Å²) in [6, 6.07) is 6.50. The van der Waals surface area contributed by atoms with Gasteiger partial charge < -0.3 is 48.4 Å². The molecule has 0 aromatic heterocycles. The van der Waals surface area contributed by atoms with Crippen LogP contribution in [0.1, 0.15) is 56.9 Å². The molecule has 0 aliphatic carbocycles. The molecule has 1 rings (SSSR count). The first-order valence-corrected chi connectivity index (χ1v) is 13.3. The topological polar surface area (TPSA) is 230 Å². The van der Waals surface area contributed by atoms with Crippen LogP contribution in [-0.4, -0.2) is 67.9 Å². The molecule has 0 bridgehead atoms. The average molecular weight is 549 g/mol. The predicted molar refractivity (Wildman–Crippen MR) is 149 cm³/mol. The third-order valence-electron chi connectivity index (χ3n) is 5.81. The lowest BCUT2D eigenvalue weighted by Gasteiger charge is -2.24. The van der Waals surface area contributed by atoms with Gasteiger partial charge in [0.2, 0.25) is 11.8 Å². The van der Waals surface area contributed by atoms with Crippen LogP contribution < -0.4 is 38.9 Å². The number of carbonyl (C=O) groups is 4. The Labute approximate surface area is 229 Å². The van der Waals surface area contributed by atoms with Gasteiger partial charge in [-0.1, -0.05) is 30.3 Å². The first kappa shape index (κ1) is 33.3. The number of guanidine groups is 1. The number of aldehydes is 1. The van der Waals surface area contributed by atoms with Gasteiger partial charge in [-0.05, 0) is 70.0 Å². The van der Waals surface area contributed by atoms with E-state index in [-0.39, 0.29) is 12.6 Å². The molecule has 0 heterocycles. The highest BCUT2D eigenvalue weighted by molar-refractivity contribution is 5.92. The highest BCUT2D eigenvalue weighted by atomic mass is 16.5. The van der Waals surface area contributed by atoms with Crippen molar-refractivity contribution in [2.45, 2.75) is 76.1 Å². The van der Waals surface area contributed by atoms with Crippen molar-refractivity contribution < 1.29 is 23.9 Å². The van der Waals surface area contributed by atoms with Crippen LogP contribution in [0.4, 0.5) is 4.79 Å². The minimum Gasteiger partial charge on any atom is -0.445 e. The quantitative estimate of drug-likeness (QED) is 0.0492. The molecule has 11 N–H and O–H groups in total. The Kier molecular flexibility index (Phi) is 17.3. The third-order valence-corrected chi connectivity index (χ3v) is 5.81. The zero-order chi connectivity index (χ0) is 28.9. The summed E-state index contributed by atoms with van der Waals surface area (Å²) < 4.78 is 5.26. The molecule has 0 saturated heterocycles. The number of nitrogens with two attached hydrogens (primary N) is 4. The van der Waals surface area contributed by atoms with E-state index in [1.54, 1.807) is 0 Å². The van der Waals surface area contributed by atoms with Crippen LogP contribution >= 0.6 is 0 Å². The van der Waals surface area contributed by atoms with E-state index in [2.05, 4.69) is 20.9 Å². The third kappa shape index (κ3) is 15.3. The minimum absolute atomic E-state index is 0.0458. The zero-order valence-corrected chi connectivity index (χ0v) is 22.5. The molecule has 0 radical (unpaired) electrons. The maximum absolute atomic E-state index is 13.2. The van der Waals surface area contributed by atoms with Crippen LogP contribution in [0.25, 0.3) is 0 Å². The van der Waals surface area contributed by atoms with Gasteiger partial charge in [-0.15, -0.1) is 0 Å². The van der Waals surface area contributed by atoms with Crippen LogP contribution in [0, 0.1) is 0 Å². The Bertz CT molecular complexity index is 896. The fourth-order valence-electron chi connectivity index (χ4n) is 3.68. The molecule has 0 aliphatic heterocycles. The van der Waals surface area contributed by atoms with E-state index >= 15 is 0 Å². The van der Waals surface area contributed by atoms with E-state index in [0.29, 0.717) is 77.3 Å². The van der Waals surface area contributed by atoms with Crippen molar-refractivity contribution in [3.8, 4) is 0 Å². The first-order valence-electron chi connectivity index (χ1n) is 13.3. The SMILES string of the molecule is NCCCC[C@H](NC(=O)OCc1ccccc1)C(=O)N[C@@H](CCCCN)C(=O)N[C@H](C=O)CCCN=C(N)N. The number of unbranched alkanes of at least 4 members (excludes halogenated alkanes) is 2. The van der Waals surface area contributed by atoms with Gasteiger partial charge in [0.05, 0.1) is 6.04 Å². The second kappa shape index (κ2) is 20.3. The lowest BCUT2D eigenvalue weighted by atomic mass is 10.0. The first-order chi connectivity index (χ1) is 18.8. The number of alkyl carbamates (subject to hydrolysis) is 1. The highest BCUT2D eigenvalue weighted by Crippen LogP contribution is 2.08. The van der Waals surface area contributed by atoms with Gasteiger partial charge in [-0.2, -0.15) is 0 Å². The fraction of sp³-hybridized carbons (Fsp3) is 0.577. The lowest BCUT2D eigenvalue weighted by molar-refractivity contribution is -0.131. The molecule has 0 spiro atoms. The van der Waals surface area contributed by atoms with E-state index in [9.17, 15) is 19.2 Å². The molecule has 3 amide bonds. The Hall–Kier alpha value is -3.71. The monoisotopic (exact) mass is 548 g/mol. The summed E-state index contributed by atoms with van der Waals surface area (Å²) in [6.45, 7) is 1.23. The smallest absolute Gasteiger partial charge is 0.408 e. The Morgan fingerprint density at radius 2 is 1.41 bits per heavy atom. The van der Waals surface area contributed by atoms with Gasteiger partial charge in [0.1, 0.15) is 25.0 Å². The number of hydrogen-bond acceptors (Lipinski definition) is 8. The van der Waals surface area contributed by atoms with Crippen LogP contribution in [0.2, 0.25) is 0 Å². The summed E-state index contributed by atoms with van der Waals surface area (Å²) in [5.74, 6) is -1.10. The van der Waals surface area contributed by atoms with Crippen molar-refractivity contribution >= 4 is 30.2 Å². The normalized spacial score (nSPS) is 12.9. The van der Waals surface area contributed by atoms with Crippen molar-refractivity contribution in [2.75, 3.05) is 19.6 Å². The maximum Gasteiger partial charge on any atom is 0.408 e. The van der Waals surface area contributed by atoms with E-state index in [1.807, 2.05) is 30.3 Å². The number of amides is 3. The van der Waals surface area contributed by atoms with Crippen LogP contribution in [0.5, 0.6) is 0 Å².